The van der Waals surface area contributed by atoms with Crippen molar-refractivity contribution < 1.29 is 9.59 Å². The number of nitrogens with one attached hydrogen (secondary N) is 2. The van der Waals surface area contributed by atoms with Gasteiger partial charge in [0.1, 0.15) is 17.2 Å². The lowest BCUT2D eigenvalue weighted by atomic mass is 10.2. The van der Waals surface area contributed by atoms with Gasteiger partial charge < -0.3 is 25.0 Å². The minimum atomic E-state index is -0.0332. The van der Waals surface area contributed by atoms with Gasteiger partial charge in [0, 0.05) is 44.8 Å². The van der Waals surface area contributed by atoms with Gasteiger partial charge in [-0.05, 0) is 31.0 Å². The Morgan fingerprint density at radius 2 is 2.00 bits per heavy atom. The Bertz CT molecular complexity index is 1180. The van der Waals surface area contributed by atoms with E-state index in [2.05, 4.69) is 25.2 Å². The second kappa shape index (κ2) is 8.78. The normalized spacial score (nSPS) is 17.0. The number of pyridine rings is 1. The SMILES string of the molecule is CN(C)C(=O)c1cc2cnc(Nc3ccc(N4CCNCC4=O)cn3)nc2n1C1CCCC1. The summed E-state index contributed by atoms with van der Waals surface area (Å²) in [7, 11) is 3.53. The molecule has 1 saturated carbocycles. The van der Waals surface area contributed by atoms with Crippen LogP contribution in [0.5, 0.6) is 0 Å². The zero-order valence-corrected chi connectivity index (χ0v) is 18.9. The van der Waals surface area contributed by atoms with E-state index in [0.717, 1.165) is 48.9 Å². The van der Waals surface area contributed by atoms with E-state index in [1.54, 1.807) is 36.3 Å². The van der Waals surface area contributed by atoms with Gasteiger partial charge >= 0.3 is 0 Å². The smallest absolute Gasteiger partial charge is 0.270 e. The molecule has 0 radical (unpaired) electrons. The average Bonchev–Trinajstić information content (AvgIpc) is 3.47. The Morgan fingerprint density at radius 1 is 1.18 bits per heavy atom. The van der Waals surface area contributed by atoms with E-state index in [9.17, 15) is 9.59 Å². The number of amides is 2. The van der Waals surface area contributed by atoms with Gasteiger partial charge in [0.05, 0.1) is 18.4 Å². The van der Waals surface area contributed by atoms with E-state index in [1.165, 1.54) is 0 Å². The molecule has 10 nitrogen and oxygen atoms in total. The zero-order chi connectivity index (χ0) is 22.9. The molecule has 3 aromatic rings. The fourth-order valence-electron chi connectivity index (χ4n) is 4.61. The third kappa shape index (κ3) is 4.13. The highest BCUT2D eigenvalue weighted by molar-refractivity contribution is 5.98. The Balaban J connectivity index is 1.43. The molecular weight excluding hydrogens is 420 g/mol. The van der Waals surface area contributed by atoms with E-state index in [1.807, 2.05) is 18.2 Å². The average molecular weight is 449 g/mol. The van der Waals surface area contributed by atoms with Crippen LogP contribution < -0.4 is 15.5 Å². The summed E-state index contributed by atoms with van der Waals surface area (Å²) >= 11 is 0. The number of piperazine rings is 1. The standard InChI is InChI=1S/C23H28N8O2/c1-29(2)22(33)18-11-15-12-26-23(28-21(15)31(18)16-5-3-4-6-16)27-19-8-7-17(13-25-19)30-10-9-24-14-20(30)32/h7-8,11-13,16,24H,3-6,9-10,14H2,1-2H3,(H,25,26,27,28). The second-order valence-electron chi connectivity index (χ2n) is 8.76. The molecule has 10 heteroatoms. The van der Waals surface area contributed by atoms with Crippen molar-refractivity contribution in [1.82, 2.24) is 29.7 Å². The molecule has 0 aromatic carbocycles. The van der Waals surface area contributed by atoms with Crippen molar-refractivity contribution in [3.63, 3.8) is 0 Å². The zero-order valence-electron chi connectivity index (χ0n) is 18.9. The van der Waals surface area contributed by atoms with Crippen LogP contribution in [0.1, 0.15) is 42.2 Å². The van der Waals surface area contributed by atoms with Crippen LogP contribution in [-0.4, -0.2) is 70.0 Å². The van der Waals surface area contributed by atoms with Gasteiger partial charge in [0.15, 0.2) is 0 Å². The van der Waals surface area contributed by atoms with Crippen LogP contribution in [0.4, 0.5) is 17.5 Å². The van der Waals surface area contributed by atoms with Crippen LogP contribution >= 0.6 is 0 Å². The molecule has 2 N–H and O–H groups in total. The van der Waals surface area contributed by atoms with Crippen LogP contribution in [-0.2, 0) is 4.79 Å². The minimum absolute atomic E-state index is 0.0332. The molecular formula is C23H28N8O2. The molecule has 172 valence electrons. The van der Waals surface area contributed by atoms with Crippen molar-refractivity contribution in [1.29, 1.82) is 0 Å². The third-order valence-electron chi connectivity index (χ3n) is 6.28. The van der Waals surface area contributed by atoms with Crippen LogP contribution in [0.2, 0.25) is 0 Å². The van der Waals surface area contributed by atoms with E-state index >= 15 is 0 Å². The summed E-state index contributed by atoms with van der Waals surface area (Å²) in [5, 5.41) is 7.07. The van der Waals surface area contributed by atoms with E-state index in [0.29, 0.717) is 30.5 Å². The number of rotatable bonds is 5. The molecule has 2 amide bonds. The largest absolute Gasteiger partial charge is 0.343 e. The monoisotopic (exact) mass is 448 g/mol. The first-order valence-electron chi connectivity index (χ1n) is 11.3. The molecule has 5 rings (SSSR count). The maximum Gasteiger partial charge on any atom is 0.270 e. The molecule has 1 aliphatic carbocycles. The van der Waals surface area contributed by atoms with Gasteiger partial charge in [0.25, 0.3) is 5.91 Å². The fraction of sp³-hybridized carbons (Fsp3) is 0.435. The molecule has 4 heterocycles. The van der Waals surface area contributed by atoms with Crippen molar-refractivity contribution in [2.24, 2.45) is 0 Å². The van der Waals surface area contributed by atoms with E-state index < -0.39 is 0 Å². The number of hydrogen-bond donors (Lipinski definition) is 2. The van der Waals surface area contributed by atoms with Crippen molar-refractivity contribution in [3.8, 4) is 0 Å². The van der Waals surface area contributed by atoms with Gasteiger partial charge in [0.2, 0.25) is 11.9 Å². The number of anilines is 3. The molecule has 0 spiro atoms. The van der Waals surface area contributed by atoms with Crippen LogP contribution in [0.15, 0.2) is 30.6 Å². The van der Waals surface area contributed by atoms with Crippen molar-refractivity contribution in [2.45, 2.75) is 31.7 Å². The summed E-state index contributed by atoms with van der Waals surface area (Å²) in [4.78, 5) is 41.9. The lowest BCUT2D eigenvalue weighted by molar-refractivity contribution is -0.118. The van der Waals surface area contributed by atoms with Gasteiger partial charge in [-0.2, -0.15) is 4.98 Å². The Hall–Kier alpha value is -3.53. The quantitative estimate of drug-likeness (QED) is 0.617. The summed E-state index contributed by atoms with van der Waals surface area (Å²) < 4.78 is 2.09. The predicted octanol–water partition coefficient (Wildman–Crippen LogP) is 2.32. The lowest BCUT2D eigenvalue weighted by Crippen LogP contribution is -2.48. The van der Waals surface area contributed by atoms with Crippen LogP contribution in [0.25, 0.3) is 11.0 Å². The maximum atomic E-state index is 12.9. The van der Waals surface area contributed by atoms with Crippen molar-refractivity contribution in [3.05, 3.63) is 36.3 Å². The maximum absolute atomic E-state index is 12.9. The number of carbonyl (C=O) groups excluding carboxylic acids is 2. The molecule has 0 bridgehead atoms. The molecule has 3 aromatic heterocycles. The first kappa shape index (κ1) is 21.3. The number of fused-ring (bicyclic) bond motifs is 1. The topological polar surface area (TPSA) is 108 Å². The van der Waals surface area contributed by atoms with Crippen LogP contribution in [0, 0.1) is 0 Å². The molecule has 2 aliphatic rings. The summed E-state index contributed by atoms with van der Waals surface area (Å²) in [6.07, 6.45) is 7.81. The Morgan fingerprint density at radius 3 is 2.70 bits per heavy atom. The first-order chi connectivity index (χ1) is 16.0. The van der Waals surface area contributed by atoms with Crippen LogP contribution in [0.3, 0.4) is 0 Å². The number of nitrogens with zero attached hydrogens (tertiary/aromatic N) is 6. The highest BCUT2D eigenvalue weighted by Crippen LogP contribution is 2.35. The highest BCUT2D eigenvalue weighted by atomic mass is 16.2. The van der Waals surface area contributed by atoms with Gasteiger partial charge in [-0.15, -0.1) is 0 Å². The van der Waals surface area contributed by atoms with Gasteiger partial charge in [-0.1, -0.05) is 12.8 Å². The summed E-state index contributed by atoms with van der Waals surface area (Å²) in [6, 6.07) is 5.83. The molecule has 33 heavy (non-hydrogen) atoms. The Labute approximate surface area is 192 Å². The Kier molecular flexibility index (Phi) is 5.67. The highest BCUT2D eigenvalue weighted by Gasteiger charge is 2.26. The predicted molar refractivity (Wildman–Crippen MR) is 126 cm³/mol. The number of carbonyl (C=O) groups is 2. The molecule has 0 atom stereocenters. The van der Waals surface area contributed by atoms with Gasteiger partial charge in [-0.25, -0.2) is 9.97 Å². The molecule has 1 saturated heterocycles. The van der Waals surface area contributed by atoms with Crippen molar-refractivity contribution in [2.75, 3.05) is 43.9 Å². The fourth-order valence-corrected chi connectivity index (χ4v) is 4.61. The lowest BCUT2D eigenvalue weighted by Gasteiger charge is -2.27. The number of aromatic nitrogens is 4. The minimum Gasteiger partial charge on any atom is -0.343 e. The van der Waals surface area contributed by atoms with E-state index in [4.69, 9.17) is 4.98 Å². The summed E-state index contributed by atoms with van der Waals surface area (Å²) in [5.74, 6) is 1.01. The third-order valence-corrected chi connectivity index (χ3v) is 6.28. The first-order valence-corrected chi connectivity index (χ1v) is 11.3. The second-order valence-corrected chi connectivity index (χ2v) is 8.76. The molecule has 0 unspecified atom stereocenters. The van der Waals surface area contributed by atoms with E-state index in [-0.39, 0.29) is 17.9 Å². The van der Waals surface area contributed by atoms with Gasteiger partial charge in [-0.3, -0.25) is 9.59 Å². The summed E-state index contributed by atoms with van der Waals surface area (Å²) in [5.41, 5.74) is 2.18. The molecule has 2 fully saturated rings. The number of hydrogen-bond acceptors (Lipinski definition) is 7. The summed E-state index contributed by atoms with van der Waals surface area (Å²) in [6.45, 7) is 1.73. The molecule has 1 aliphatic heterocycles. The van der Waals surface area contributed by atoms with Crippen molar-refractivity contribution >= 4 is 40.3 Å².